The summed E-state index contributed by atoms with van der Waals surface area (Å²) in [6.07, 6.45) is 1.44. The molecule has 0 heterocycles. The molecule has 1 amide bonds. The number of hydrogen-bond donors (Lipinski definition) is 1. The van der Waals surface area contributed by atoms with E-state index in [4.69, 9.17) is 27.9 Å². The van der Waals surface area contributed by atoms with Crippen molar-refractivity contribution in [2.24, 2.45) is 5.10 Å². The van der Waals surface area contributed by atoms with Crippen LogP contribution in [0.5, 0.6) is 5.75 Å². The number of hydrazone groups is 1. The lowest BCUT2D eigenvalue weighted by Gasteiger charge is -2.05. The van der Waals surface area contributed by atoms with E-state index in [0.29, 0.717) is 21.4 Å². The van der Waals surface area contributed by atoms with Crippen molar-refractivity contribution in [2.45, 2.75) is 0 Å². The van der Waals surface area contributed by atoms with Crippen LogP contribution in [-0.2, 0) is 4.79 Å². The van der Waals surface area contributed by atoms with E-state index in [1.165, 1.54) is 6.21 Å². The minimum Gasteiger partial charge on any atom is -0.484 e. The Morgan fingerprint density at radius 2 is 2.09 bits per heavy atom. The summed E-state index contributed by atoms with van der Waals surface area (Å²) in [6.45, 7) is -0.137. The van der Waals surface area contributed by atoms with Gasteiger partial charge in [0.05, 0.1) is 11.2 Å². The van der Waals surface area contributed by atoms with Crippen molar-refractivity contribution in [1.82, 2.24) is 5.43 Å². The van der Waals surface area contributed by atoms with E-state index in [1.54, 1.807) is 30.3 Å². The minimum atomic E-state index is -0.374. The summed E-state index contributed by atoms with van der Waals surface area (Å²) in [7, 11) is 0. The first-order chi connectivity index (χ1) is 10.5. The SMILES string of the molecule is O=C(COc1cccc(Br)c1)N/N=C/c1ccc(Cl)cc1Cl. The van der Waals surface area contributed by atoms with Gasteiger partial charge >= 0.3 is 0 Å². The molecule has 0 aromatic heterocycles. The van der Waals surface area contributed by atoms with E-state index in [-0.39, 0.29) is 12.5 Å². The third kappa shape index (κ3) is 5.33. The van der Waals surface area contributed by atoms with Gasteiger partial charge in [0.2, 0.25) is 0 Å². The van der Waals surface area contributed by atoms with E-state index < -0.39 is 0 Å². The van der Waals surface area contributed by atoms with Gasteiger partial charge in [0, 0.05) is 15.1 Å². The molecule has 0 saturated heterocycles. The molecule has 0 bridgehead atoms. The molecule has 0 radical (unpaired) electrons. The first-order valence-corrected chi connectivity index (χ1v) is 7.75. The molecule has 0 aliphatic rings. The van der Waals surface area contributed by atoms with Crippen molar-refractivity contribution in [3.05, 3.63) is 62.5 Å². The number of amides is 1. The second-order valence-electron chi connectivity index (χ2n) is 4.21. The van der Waals surface area contributed by atoms with Crippen LogP contribution in [0.15, 0.2) is 52.0 Å². The van der Waals surface area contributed by atoms with E-state index in [0.717, 1.165) is 4.47 Å². The number of halogens is 3. The monoisotopic (exact) mass is 400 g/mol. The van der Waals surface area contributed by atoms with Gasteiger partial charge in [-0.2, -0.15) is 5.10 Å². The van der Waals surface area contributed by atoms with Crippen LogP contribution in [0.2, 0.25) is 10.0 Å². The van der Waals surface area contributed by atoms with E-state index in [2.05, 4.69) is 26.5 Å². The Bertz CT molecular complexity index is 708. The summed E-state index contributed by atoms with van der Waals surface area (Å²) in [5.74, 6) is 0.218. The molecule has 22 heavy (non-hydrogen) atoms. The molecule has 2 aromatic carbocycles. The van der Waals surface area contributed by atoms with Crippen LogP contribution in [0.4, 0.5) is 0 Å². The Balaban J connectivity index is 1.83. The Kier molecular flexibility index (Phi) is 6.24. The first-order valence-electron chi connectivity index (χ1n) is 6.20. The summed E-state index contributed by atoms with van der Waals surface area (Å²) < 4.78 is 6.21. The minimum absolute atomic E-state index is 0.137. The molecule has 7 heteroatoms. The predicted molar refractivity (Wildman–Crippen MR) is 91.8 cm³/mol. The maximum atomic E-state index is 11.6. The summed E-state index contributed by atoms with van der Waals surface area (Å²) in [6, 6.07) is 12.2. The number of rotatable bonds is 5. The van der Waals surface area contributed by atoms with Gasteiger partial charge < -0.3 is 4.74 Å². The summed E-state index contributed by atoms with van der Waals surface area (Å²) in [5.41, 5.74) is 3.01. The molecule has 0 aliphatic carbocycles. The number of hydrogen-bond acceptors (Lipinski definition) is 3. The summed E-state index contributed by atoms with van der Waals surface area (Å²) in [5, 5.41) is 4.81. The zero-order chi connectivity index (χ0) is 15.9. The number of nitrogens with one attached hydrogen (secondary N) is 1. The average molecular weight is 402 g/mol. The second-order valence-corrected chi connectivity index (χ2v) is 5.96. The summed E-state index contributed by atoms with van der Waals surface area (Å²) >= 11 is 15.1. The number of nitrogens with zero attached hydrogens (tertiary/aromatic N) is 1. The van der Waals surface area contributed by atoms with Crippen LogP contribution in [0, 0.1) is 0 Å². The molecule has 4 nitrogen and oxygen atoms in total. The number of benzene rings is 2. The van der Waals surface area contributed by atoms with Gasteiger partial charge in [-0.3, -0.25) is 4.79 Å². The highest BCUT2D eigenvalue weighted by molar-refractivity contribution is 9.10. The number of carbonyl (C=O) groups is 1. The van der Waals surface area contributed by atoms with Gasteiger partial charge in [0.25, 0.3) is 5.91 Å². The quantitative estimate of drug-likeness (QED) is 0.600. The van der Waals surface area contributed by atoms with Crippen molar-refractivity contribution >= 4 is 51.3 Å². The maximum absolute atomic E-state index is 11.6. The normalized spacial score (nSPS) is 10.7. The first kappa shape index (κ1) is 16.8. The van der Waals surface area contributed by atoms with E-state index in [9.17, 15) is 4.79 Å². The lowest BCUT2D eigenvalue weighted by atomic mass is 10.2. The van der Waals surface area contributed by atoms with Gasteiger partial charge in [0.15, 0.2) is 6.61 Å². The van der Waals surface area contributed by atoms with Crippen molar-refractivity contribution in [2.75, 3.05) is 6.61 Å². The molecular formula is C15H11BrCl2N2O2. The van der Waals surface area contributed by atoms with E-state index >= 15 is 0 Å². The zero-order valence-corrected chi connectivity index (χ0v) is 14.3. The van der Waals surface area contributed by atoms with Gasteiger partial charge in [-0.05, 0) is 30.3 Å². The number of ether oxygens (including phenoxy) is 1. The van der Waals surface area contributed by atoms with Gasteiger partial charge in [-0.15, -0.1) is 0 Å². The fourth-order valence-corrected chi connectivity index (χ4v) is 2.35. The van der Waals surface area contributed by atoms with Gasteiger partial charge in [0.1, 0.15) is 5.75 Å². The highest BCUT2D eigenvalue weighted by Crippen LogP contribution is 2.19. The van der Waals surface area contributed by atoms with Crippen molar-refractivity contribution in [3.8, 4) is 5.75 Å². The van der Waals surface area contributed by atoms with Crippen molar-refractivity contribution in [1.29, 1.82) is 0 Å². The molecule has 0 saturated carbocycles. The topological polar surface area (TPSA) is 50.7 Å². The Morgan fingerprint density at radius 3 is 2.82 bits per heavy atom. The third-order valence-corrected chi connectivity index (χ3v) is 3.58. The molecular weight excluding hydrogens is 391 g/mol. The molecule has 114 valence electrons. The second kappa shape index (κ2) is 8.17. The molecule has 1 N–H and O–H groups in total. The van der Waals surface area contributed by atoms with Crippen molar-refractivity contribution < 1.29 is 9.53 Å². The molecule has 2 aromatic rings. The molecule has 0 atom stereocenters. The fourth-order valence-electron chi connectivity index (χ4n) is 1.52. The average Bonchev–Trinajstić information content (AvgIpc) is 2.47. The standard InChI is InChI=1S/C15H11BrCl2N2O2/c16-11-2-1-3-13(6-11)22-9-15(21)20-19-8-10-4-5-12(17)7-14(10)18/h1-8H,9H2,(H,20,21)/b19-8+. The lowest BCUT2D eigenvalue weighted by molar-refractivity contribution is -0.123. The van der Waals surface area contributed by atoms with Crippen LogP contribution in [0.3, 0.4) is 0 Å². The molecule has 0 spiro atoms. The number of carbonyl (C=O) groups excluding carboxylic acids is 1. The Labute approximate surface area is 146 Å². The molecule has 0 fully saturated rings. The summed E-state index contributed by atoms with van der Waals surface area (Å²) in [4.78, 5) is 11.6. The van der Waals surface area contributed by atoms with Crippen molar-refractivity contribution in [3.63, 3.8) is 0 Å². The predicted octanol–water partition coefficient (Wildman–Crippen LogP) is 4.29. The van der Waals surface area contributed by atoms with Gasteiger partial charge in [-0.25, -0.2) is 5.43 Å². The smallest absolute Gasteiger partial charge is 0.277 e. The van der Waals surface area contributed by atoms with Crippen LogP contribution < -0.4 is 10.2 Å². The Hall–Kier alpha value is -1.56. The highest BCUT2D eigenvalue weighted by Gasteiger charge is 2.02. The van der Waals surface area contributed by atoms with Gasteiger partial charge in [-0.1, -0.05) is 51.3 Å². The molecule has 0 aliphatic heterocycles. The largest absolute Gasteiger partial charge is 0.484 e. The molecule has 2 rings (SSSR count). The van der Waals surface area contributed by atoms with Crippen LogP contribution in [-0.4, -0.2) is 18.7 Å². The maximum Gasteiger partial charge on any atom is 0.277 e. The van der Waals surface area contributed by atoms with E-state index in [1.807, 2.05) is 12.1 Å². The molecule has 0 unspecified atom stereocenters. The lowest BCUT2D eigenvalue weighted by Crippen LogP contribution is -2.24. The van der Waals surface area contributed by atoms with Crippen LogP contribution in [0.25, 0.3) is 0 Å². The highest BCUT2D eigenvalue weighted by atomic mass is 79.9. The fraction of sp³-hybridized carbons (Fsp3) is 0.0667. The Morgan fingerprint density at radius 1 is 1.27 bits per heavy atom. The third-order valence-electron chi connectivity index (χ3n) is 2.52. The van der Waals surface area contributed by atoms with Crippen LogP contribution in [0.1, 0.15) is 5.56 Å². The van der Waals surface area contributed by atoms with Crippen LogP contribution >= 0.6 is 39.1 Å². The zero-order valence-electron chi connectivity index (χ0n) is 11.2.